The molecule has 3 rings (SSSR count). The van der Waals surface area contributed by atoms with Gasteiger partial charge in [0.05, 0.1) is 24.7 Å². The van der Waals surface area contributed by atoms with E-state index in [1.807, 2.05) is 0 Å². The molecule has 0 N–H and O–H groups in total. The summed E-state index contributed by atoms with van der Waals surface area (Å²) in [4.78, 5) is 26.4. The second-order valence-corrected chi connectivity index (χ2v) is 9.60. The van der Waals surface area contributed by atoms with Gasteiger partial charge in [0.25, 0.3) is 5.91 Å². The number of rotatable bonds is 7. The molecule has 1 saturated heterocycles. The van der Waals surface area contributed by atoms with E-state index >= 15 is 0 Å². The minimum atomic E-state index is -3.21. The minimum absolute atomic E-state index is 0.00670. The molecule has 12 heteroatoms. The van der Waals surface area contributed by atoms with E-state index in [2.05, 4.69) is 9.84 Å². The Balaban J connectivity index is 1.72. The molecule has 0 bridgehead atoms. The van der Waals surface area contributed by atoms with Crippen molar-refractivity contribution in [2.45, 2.75) is 38.5 Å². The molecule has 1 unspecified atom stereocenters. The maximum atomic E-state index is 12.8. The van der Waals surface area contributed by atoms with Crippen molar-refractivity contribution in [2.75, 3.05) is 25.7 Å². The van der Waals surface area contributed by atoms with Crippen LogP contribution in [0.3, 0.4) is 0 Å². The van der Waals surface area contributed by atoms with Crippen LogP contribution in [-0.2, 0) is 26.0 Å². The standard InChI is InChI=1S/C19H23F2N3O6S/c1-23(10-12-3-5-15(30-19(20)21)16(9-12)29-2)18(26)14-4-6-17(25)24(22-14)13-7-8-31(27,28)11-13/h3,5,9,13,19H,4,6-8,10-11H2,1-2H3. The SMILES string of the molecule is COc1cc(CN(C)C(=O)C2=NN(C3CCS(=O)(=O)C3)C(=O)CC2)ccc1OC(F)F. The van der Waals surface area contributed by atoms with Gasteiger partial charge in [0.1, 0.15) is 5.71 Å². The fourth-order valence-electron chi connectivity index (χ4n) is 3.55. The Morgan fingerprint density at radius 1 is 1.32 bits per heavy atom. The number of carbonyl (C=O) groups is 2. The van der Waals surface area contributed by atoms with Gasteiger partial charge >= 0.3 is 6.61 Å². The number of hydrazone groups is 1. The Labute approximate surface area is 178 Å². The zero-order valence-electron chi connectivity index (χ0n) is 17.1. The lowest BCUT2D eigenvalue weighted by molar-refractivity contribution is -0.134. The smallest absolute Gasteiger partial charge is 0.387 e. The van der Waals surface area contributed by atoms with Crippen molar-refractivity contribution >= 4 is 27.4 Å². The first-order valence-corrected chi connectivity index (χ1v) is 11.4. The lowest BCUT2D eigenvalue weighted by atomic mass is 10.1. The van der Waals surface area contributed by atoms with Gasteiger partial charge in [-0.05, 0) is 24.1 Å². The largest absolute Gasteiger partial charge is 0.493 e. The molecule has 9 nitrogen and oxygen atoms in total. The van der Waals surface area contributed by atoms with Crippen LogP contribution in [0.4, 0.5) is 8.78 Å². The summed E-state index contributed by atoms with van der Waals surface area (Å²) in [7, 11) is -0.348. The molecule has 0 spiro atoms. The topological polar surface area (TPSA) is 106 Å². The number of benzene rings is 1. The number of carbonyl (C=O) groups excluding carboxylic acids is 2. The van der Waals surface area contributed by atoms with Crippen molar-refractivity contribution < 1.29 is 36.3 Å². The van der Waals surface area contributed by atoms with Gasteiger partial charge in [0, 0.05) is 26.4 Å². The van der Waals surface area contributed by atoms with Crippen LogP contribution < -0.4 is 9.47 Å². The molecule has 1 fully saturated rings. The van der Waals surface area contributed by atoms with Gasteiger partial charge in [0.15, 0.2) is 21.3 Å². The van der Waals surface area contributed by atoms with Crippen LogP contribution in [0.15, 0.2) is 23.3 Å². The van der Waals surface area contributed by atoms with Crippen LogP contribution >= 0.6 is 0 Å². The molecular weight excluding hydrogens is 436 g/mol. The fourth-order valence-corrected chi connectivity index (χ4v) is 5.24. The quantitative estimate of drug-likeness (QED) is 0.611. The number of methoxy groups -OCH3 is 1. The Hall–Kier alpha value is -2.76. The van der Waals surface area contributed by atoms with E-state index in [9.17, 15) is 26.8 Å². The second-order valence-electron chi connectivity index (χ2n) is 7.37. The van der Waals surface area contributed by atoms with Crippen molar-refractivity contribution in [3.63, 3.8) is 0 Å². The highest BCUT2D eigenvalue weighted by Crippen LogP contribution is 2.30. The molecule has 2 amide bonds. The van der Waals surface area contributed by atoms with Gasteiger partial charge in [-0.15, -0.1) is 0 Å². The average molecular weight is 459 g/mol. The maximum Gasteiger partial charge on any atom is 0.387 e. The Bertz CT molecular complexity index is 998. The van der Waals surface area contributed by atoms with Crippen molar-refractivity contribution in [1.29, 1.82) is 0 Å². The number of hydrogen-bond donors (Lipinski definition) is 0. The van der Waals surface area contributed by atoms with Crippen molar-refractivity contribution in [3.8, 4) is 11.5 Å². The first-order chi connectivity index (χ1) is 14.6. The van der Waals surface area contributed by atoms with E-state index in [1.54, 1.807) is 7.05 Å². The number of alkyl halides is 2. The summed E-state index contributed by atoms with van der Waals surface area (Å²) in [6.07, 6.45) is 0.520. The molecule has 2 heterocycles. The molecular formula is C19H23F2N3O6S. The highest BCUT2D eigenvalue weighted by Gasteiger charge is 2.37. The molecule has 31 heavy (non-hydrogen) atoms. The molecule has 1 aromatic rings. The second kappa shape index (κ2) is 9.16. The summed E-state index contributed by atoms with van der Waals surface area (Å²) >= 11 is 0. The van der Waals surface area contributed by atoms with Crippen LogP contribution in [0.25, 0.3) is 0 Å². The zero-order valence-corrected chi connectivity index (χ0v) is 17.9. The molecule has 2 aliphatic heterocycles. The van der Waals surface area contributed by atoms with Gasteiger partial charge in [-0.1, -0.05) is 6.07 Å². The minimum Gasteiger partial charge on any atom is -0.493 e. The van der Waals surface area contributed by atoms with Crippen LogP contribution in [-0.4, -0.2) is 74.2 Å². The Morgan fingerprint density at radius 2 is 2.06 bits per heavy atom. The van der Waals surface area contributed by atoms with Crippen molar-refractivity contribution in [3.05, 3.63) is 23.8 Å². The normalized spacial score (nSPS) is 20.5. The van der Waals surface area contributed by atoms with E-state index in [0.717, 1.165) is 5.01 Å². The first-order valence-electron chi connectivity index (χ1n) is 9.57. The van der Waals surface area contributed by atoms with Gasteiger partial charge in [-0.2, -0.15) is 13.9 Å². The molecule has 1 aromatic carbocycles. The highest BCUT2D eigenvalue weighted by atomic mass is 32.2. The van der Waals surface area contributed by atoms with Crippen LogP contribution in [0.5, 0.6) is 11.5 Å². The fraction of sp³-hybridized carbons (Fsp3) is 0.526. The third-order valence-electron chi connectivity index (χ3n) is 5.07. The third kappa shape index (κ3) is 5.49. The van der Waals surface area contributed by atoms with Gasteiger partial charge in [-0.3, -0.25) is 9.59 Å². The molecule has 1 atom stereocenters. The summed E-state index contributed by atoms with van der Waals surface area (Å²) in [5, 5.41) is 5.30. The van der Waals surface area contributed by atoms with Crippen molar-refractivity contribution in [1.82, 2.24) is 9.91 Å². The monoisotopic (exact) mass is 459 g/mol. The summed E-state index contributed by atoms with van der Waals surface area (Å²) in [6, 6.07) is 3.80. The zero-order chi connectivity index (χ0) is 22.8. The van der Waals surface area contributed by atoms with Gasteiger partial charge in [0.2, 0.25) is 5.91 Å². The molecule has 0 saturated carbocycles. The van der Waals surface area contributed by atoms with Crippen molar-refractivity contribution in [2.24, 2.45) is 5.10 Å². The lowest BCUT2D eigenvalue weighted by Crippen LogP contribution is -2.44. The number of hydrogen-bond acceptors (Lipinski definition) is 7. The predicted octanol–water partition coefficient (Wildman–Crippen LogP) is 1.42. The molecule has 0 radical (unpaired) electrons. The van der Waals surface area contributed by atoms with Crippen LogP contribution in [0.2, 0.25) is 0 Å². The number of sulfone groups is 1. The van der Waals surface area contributed by atoms with Crippen LogP contribution in [0, 0.1) is 0 Å². The molecule has 0 aromatic heterocycles. The summed E-state index contributed by atoms with van der Waals surface area (Å²) in [6.45, 7) is -2.86. The van der Waals surface area contributed by atoms with Gasteiger partial charge in [-0.25, -0.2) is 13.4 Å². The Kier molecular flexibility index (Phi) is 6.77. The number of nitrogens with zero attached hydrogens (tertiary/aromatic N) is 3. The van der Waals surface area contributed by atoms with E-state index in [-0.39, 0.29) is 54.0 Å². The number of amides is 2. The number of ether oxygens (including phenoxy) is 2. The van der Waals surface area contributed by atoms with E-state index in [1.165, 1.54) is 30.2 Å². The molecule has 0 aliphatic carbocycles. The molecule has 2 aliphatic rings. The first kappa shape index (κ1) is 22.9. The molecule has 170 valence electrons. The predicted molar refractivity (Wildman–Crippen MR) is 107 cm³/mol. The maximum absolute atomic E-state index is 12.8. The summed E-state index contributed by atoms with van der Waals surface area (Å²) in [5.41, 5.74) is 0.775. The average Bonchev–Trinajstić information content (AvgIpc) is 3.08. The number of halogens is 2. The van der Waals surface area contributed by atoms with E-state index in [4.69, 9.17) is 4.74 Å². The summed E-state index contributed by atoms with van der Waals surface area (Å²) in [5.74, 6) is -0.897. The van der Waals surface area contributed by atoms with E-state index < -0.39 is 28.4 Å². The highest BCUT2D eigenvalue weighted by molar-refractivity contribution is 7.91. The van der Waals surface area contributed by atoms with Gasteiger partial charge < -0.3 is 14.4 Å². The van der Waals surface area contributed by atoms with E-state index in [0.29, 0.717) is 12.0 Å². The van der Waals surface area contributed by atoms with Crippen LogP contribution in [0.1, 0.15) is 24.8 Å². The Morgan fingerprint density at radius 3 is 2.68 bits per heavy atom. The lowest BCUT2D eigenvalue weighted by Gasteiger charge is -2.29. The summed E-state index contributed by atoms with van der Waals surface area (Å²) < 4.78 is 57.8. The third-order valence-corrected chi connectivity index (χ3v) is 6.82.